The molecule has 1 atom stereocenters. The fraction of sp³-hybridized carbons (Fsp3) is 0.667. The van der Waals surface area contributed by atoms with E-state index in [9.17, 15) is 4.79 Å². The van der Waals surface area contributed by atoms with Crippen LogP contribution >= 0.6 is 0 Å². The van der Waals surface area contributed by atoms with Gasteiger partial charge in [-0.25, -0.2) is 4.79 Å². The molecule has 0 radical (unpaired) electrons. The molecule has 1 N–H and O–H groups in total. The molecule has 1 amide bonds. The van der Waals surface area contributed by atoms with Crippen molar-refractivity contribution in [1.29, 1.82) is 0 Å². The molecular formula is C3H5NO4. The molecule has 1 heterocycles. The number of hydrogen-bond donors (Lipinski definition) is 1. The lowest BCUT2D eigenvalue weighted by Crippen LogP contribution is -2.16. The van der Waals surface area contributed by atoms with Gasteiger partial charge < -0.3 is 4.74 Å². The first kappa shape index (κ1) is 5.33. The second-order valence-electron chi connectivity index (χ2n) is 1.33. The monoisotopic (exact) mass is 119 g/mol. The maximum absolute atomic E-state index is 10.1. The van der Waals surface area contributed by atoms with Crippen molar-refractivity contribution in [2.45, 2.75) is 13.2 Å². The van der Waals surface area contributed by atoms with E-state index in [2.05, 4.69) is 9.57 Å². The molecule has 1 unspecified atom stereocenters. The van der Waals surface area contributed by atoms with Crippen molar-refractivity contribution in [2.24, 2.45) is 0 Å². The van der Waals surface area contributed by atoms with E-state index in [0.717, 1.165) is 0 Å². The van der Waals surface area contributed by atoms with Gasteiger partial charge >= 0.3 is 6.09 Å². The fourth-order valence-corrected chi connectivity index (χ4v) is 0.392. The van der Waals surface area contributed by atoms with Gasteiger partial charge in [0, 0.05) is 6.92 Å². The highest BCUT2D eigenvalue weighted by Gasteiger charge is 2.27. The Labute approximate surface area is 45.3 Å². The molecule has 46 valence electrons. The van der Waals surface area contributed by atoms with Crippen molar-refractivity contribution in [3.05, 3.63) is 0 Å². The van der Waals surface area contributed by atoms with Crippen LogP contribution in [0.2, 0.25) is 0 Å². The van der Waals surface area contributed by atoms with Crippen LogP contribution in [0, 0.1) is 0 Å². The number of carbonyl (C=O) groups is 1. The largest absolute Gasteiger partial charge is 0.462 e. The van der Waals surface area contributed by atoms with Crippen molar-refractivity contribution >= 4 is 6.09 Å². The van der Waals surface area contributed by atoms with Crippen LogP contribution in [0.5, 0.6) is 0 Å². The second kappa shape index (κ2) is 1.61. The first-order valence-corrected chi connectivity index (χ1v) is 2.06. The summed E-state index contributed by atoms with van der Waals surface area (Å²) in [7, 11) is 0. The lowest BCUT2D eigenvalue weighted by Gasteiger charge is -1.96. The maximum Gasteiger partial charge on any atom is 0.462 e. The molecule has 0 spiro atoms. The molecule has 8 heavy (non-hydrogen) atoms. The van der Waals surface area contributed by atoms with Crippen molar-refractivity contribution in [2.75, 3.05) is 0 Å². The molecule has 0 aromatic rings. The van der Waals surface area contributed by atoms with Crippen LogP contribution in [0.1, 0.15) is 6.92 Å². The summed E-state index contributed by atoms with van der Waals surface area (Å²) >= 11 is 0. The molecule has 1 saturated heterocycles. The Morgan fingerprint density at radius 1 is 1.88 bits per heavy atom. The van der Waals surface area contributed by atoms with E-state index in [0.29, 0.717) is 0 Å². The molecule has 0 saturated carbocycles. The molecule has 1 rings (SSSR count). The van der Waals surface area contributed by atoms with Crippen LogP contribution < -0.4 is 0 Å². The van der Waals surface area contributed by atoms with Gasteiger partial charge in [0.2, 0.25) is 6.29 Å². The summed E-state index contributed by atoms with van der Waals surface area (Å²) in [4.78, 5) is 14.4. The Hall–Kier alpha value is -0.810. The van der Waals surface area contributed by atoms with Gasteiger partial charge in [-0.3, -0.25) is 5.21 Å². The van der Waals surface area contributed by atoms with Gasteiger partial charge in [-0.05, 0) is 5.23 Å². The number of ether oxygens (including phenoxy) is 1. The standard InChI is InChI=1S/C3H5NO4/c1-2-7-3(5)4(6)8-2/h2,6H,1H3. The van der Waals surface area contributed by atoms with Gasteiger partial charge in [-0.15, -0.1) is 0 Å². The predicted molar refractivity (Wildman–Crippen MR) is 20.7 cm³/mol. The minimum Gasteiger partial charge on any atom is -0.414 e. The third-order valence-electron chi connectivity index (χ3n) is 0.671. The normalized spacial score (nSPS) is 28.5. The molecule has 5 nitrogen and oxygen atoms in total. The second-order valence-corrected chi connectivity index (χ2v) is 1.33. The number of carbonyl (C=O) groups excluding carboxylic acids is 1. The molecule has 0 aromatic heterocycles. The Morgan fingerprint density at radius 3 is 2.62 bits per heavy atom. The van der Waals surface area contributed by atoms with Gasteiger partial charge in [0.15, 0.2) is 0 Å². The third-order valence-corrected chi connectivity index (χ3v) is 0.671. The molecular weight excluding hydrogens is 114 g/mol. The van der Waals surface area contributed by atoms with E-state index in [1.165, 1.54) is 6.92 Å². The highest BCUT2D eigenvalue weighted by atomic mass is 17.0. The van der Waals surface area contributed by atoms with Gasteiger partial charge in [0.1, 0.15) is 0 Å². The number of nitrogens with zero attached hydrogens (tertiary/aromatic N) is 1. The van der Waals surface area contributed by atoms with Gasteiger partial charge in [0.25, 0.3) is 0 Å². The highest BCUT2D eigenvalue weighted by molar-refractivity contribution is 5.65. The van der Waals surface area contributed by atoms with E-state index in [4.69, 9.17) is 5.21 Å². The number of hydroxylamine groups is 2. The third kappa shape index (κ3) is 0.728. The maximum atomic E-state index is 10.1. The van der Waals surface area contributed by atoms with E-state index in [1.54, 1.807) is 0 Å². The Morgan fingerprint density at radius 2 is 2.50 bits per heavy atom. The summed E-state index contributed by atoms with van der Waals surface area (Å²) in [6.07, 6.45) is -1.55. The van der Waals surface area contributed by atoms with E-state index in [-0.39, 0.29) is 5.23 Å². The zero-order valence-corrected chi connectivity index (χ0v) is 4.20. The lowest BCUT2D eigenvalue weighted by atomic mass is 10.8. The first-order valence-electron chi connectivity index (χ1n) is 2.06. The summed E-state index contributed by atoms with van der Waals surface area (Å²) in [5.74, 6) is 0. The summed E-state index contributed by atoms with van der Waals surface area (Å²) in [5.41, 5.74) is 0. The SMILES string of the molecule is CC1OC(=O)N(O)O1. The van der Waals surface area contributed by atoms with E-state index >= 15 is 0 Å². The lowest BCUT2D eigenvalue weighted by molar-refractivity contribution is -0.297. The molecule has 1 aliphatic rings. The minimum absolute atomic E-state index is 0.0602. The van der Waals surface area contributed by atoms with Crippen molar-refractivity contribution in [3.8, 4) is 0 Å². The number of amides is 1. The molecule has 1 fully saturated rings. The Kier molecular flexibility index (Phi) is 1.07. The zero-order chi connectivity index (χ0) is 6.15. The van der Waals surface area contributed by atoms with Gasteiger partial charge in [-0.1, -0.05) is 0 Å². The van der Waals surface area contributed by atoms with Crippen LogP contribution in [-0.2, 0) is 9.57 Å². The fourth-order valence-electron chi connectivity index (χ4n) is 0.392. The molecule has 0 aliphatic carbocycles. The average molecular weight is 119 g/mol. The highest BCUT2D eigenvalue weighted by Crippen LogP contribution is 2.07. The predicted octanol–water partition coefficient (Wildman–Crippen LogP) is 0.105. The number of cyclic esters (lactones) is 1. The molecule has 5 heteroatoms. The number of hydrogen-bond acceptors (Lipinski definition) is 4. The van der Waals surface area contributed by atoms with E-state index < -0.39 is 12.4 Å². The summed E-state index contributed by atoms with van der Waals surface area (Å²) in [6.45, 7) is 1.49. The van der Waals surface area contributed by atoms with Crippen molar-refractivity contribution in [1.82, 2.24) is 5.23 Å². The zero-order valence-electron chi connectivity index (χ0n) is 4.20. The first-order chi connectivity index (χ1) is 3.70. The topological polar surface area (TPSA) is 59.0 Å². The Balaban J connectivity index is 2.51. The summed E-state index contributed by atoms with van der Waals surface area (Å²) < 4.78 is 4.29. The van der Waals surface area contributed by atoms with Crippen LogP contribution in [0.4, 0.5) is 4.79 Å². The van der Waals surface area contributed by atoms with Crippen molar-refractivity contribution < 1.29 is 19.6 Å². The number of rotatable bonds is 0. The van der Waals surface area contributed by atoms with E-state index in [1.807, 2.05) is 0 Å². The van der Waals surface area contributed by atoms with Crippen LogP contribution in [0.15, 0.2) is 0 Å². The van der Waals surface area contributed by atoms with Crippen LogP contribution in [0.3, 0.4) is 0 Å². The van der Waals surface area contributed by atoms with Crippen LogP contribution in [-0.4, -0.2) is 22.8 Å². The molecule has 0 aromatic carbocycles. The quantitative estimate of drug-likeness (QED) is 0.459. The van der Waals surface area contributed by atoms with Crippen LogP contribution in [0.25, 0.3) is 0 Å². The van der Waals surface area contributed by atoms with Crippen molar-refractivity contribution in [3.63, 3.8) is 0 Å². The summed E-state index contributed by atoms with van der Waals surface area (Å²) in [5, 5.41) is 8.36. The molecule has 1 aliphatic heterocycles. The minimum atomic E-state index is -0.877. The molecule has 0 bridgehead atoms. The van der Waals surface area contributed by atoms with Gasteiger partial charge in [0.05, 0.1) is 0 Å². The average Bonchev–Trinajstić information content (AvgIpc) is 1.85. The smallest absolute Gasteiger partial charge is 0.414 e. The Bertz CT molecular complexity index is 114. The summed E-state index contributed by atoms with van der Waals surface area (Å²) in [6, 6.07) is 0. The van der Waals surface area contributed by atoms with Gasteiger partial charge in [-0.2, -0.15) is 4.84 Å².